The predicted octanol–water partition coefficient (Wildman–Crippen LogP) is 10.6. The lowest BCUT2D eigenvalue weighted by Crippen LogP contribution is -1.99. The second kappa shape index (κ2) is 12.3. The summed E-state index contributed by atoms with van der Waals surface area (Å²) in [6.45, 7) is 5.80. The molecule has 0 bridgehead atoms. The molecule has 0 heterocycles. The molecule has 0 aliphatic carbocycles. The van der Waals surface area contributed by atoms with Gasteiger partial charge in [0.15, 0.2) is 11.6 Å². The monoisotopic (exact) mass is 536 g/mol. The fraction of sp³-hybridized carbons (Fsp3) is 0.167. The molecule has 1 nitrogen and oxygen atoms in total. The minimum Gasteiger partial charge on any atom is -0.486 e. The van der Waals surface area contributed by atoms with Gasteiger partial charge in [-0.1, -0.05) is 99.2 Å². The van der Waals surface area contributed by atoms with E-state index >= 15 is 4.39 Å². The highest BCUT2D eigenvalue weighted by Gasteiger charge is 2.16. The molecule has 0 radical (unpaired) electrons. The lowest BCUT2D eigenvalue weighted by Gasteiger charge is -2.11. The van der Waals surface area contributed by atoms with Gasteiger partial charge < -0.3 is 4.74 Å². The predicted molar refractivity (Wildman–Crippen MR) is 159 cm³/mol. The maximum Gasteiger partial charge on any atom is 0.201 e. The first-order chi connectivity index (χ1) is 19.5. The molecule has 0 aromatic heterocycles. The Morgan fingerprint density at radius 3 is 2.08 bits per heavy atom. The summed E-state index contributed by atoms with van der Waals surface area (Å²) in [5.74, 6) is -2.50. The van der Waals surface area contributed by atoms with Crippen LogP contribution in [0.1, 0.15) is 31.7 Å². The molecular weight excluding hydrogens is 505 g/mol. The summed E-state index contributed by atoms with van der Waals surface area (Å²) in [5.41, 5.74) is 4.80. The molecule has 0 atom stereocenters. The van der Waals surface area contributed by atoms with E-state index in [-0.39, 0.29) is 23.7 Å². The van der Waals surface area contributed by atoms with Gasteiger partial charge in [-0.3, -0.25) is 0 Å². The summed E-state index contributed by atoms with van der Waals surface area (Å²) < 4.78 is 49.6. The third kappa shape index (κ3) is 5.81. The van der Waals surface area contributed by atoms with Gasteiger partial charge in [0.25, 0.3) is 0 Å². The normalized spacial score (nSPS) is 11.1. The Balaban J connectivity index is 1.36. The highest BCUT2D eigenvalue weighted by molar-refractivity contribution is 5.88. The molecule has 4 heteroatoms. The summed E-state index contributed by atoms with van der Waals surface area (Å²) >= 11 is 0. The van der Waals surface area contributed by atoms with Crippen LogP contribution in [-0.4, -0.2) is 6.61 Å². The molecule has 0 unspecified atom stereocenters. The van der Waals surface area contributed by atoms with Gasteiger partial charge in [-0.15, -0.1) is 0 Å². The average molecular weight is 537 g/mol. The first-order valence-corrected chi connectivity index (χ1v) is 13.6. The van der Waals surface area contributed by atoms with Crippen molar-refractivity contribution in [2.24, 2.45) is 0 Å². The molecule has 0 fully saturated rings. The molecule has 0 saturated carbocycles. The second-order valence-electron chi connectivity index (χ2n) is 9.96. The van der Waals surface area contributed by atoms with E-state index < -0.39 is 11.6 Å². The number of aryl methyl sites for hydroxylation is 1. The highest BCUT2D eigenvalue weighted by atomic mass is 19.2. The van der Waals surface area contributed by atoms with Crippen molar-refractivity contribution in [1.29, 1.82) is 0 Å². The second-order valence-corrected chi connectivity index (χ2v) is 9.96. The van der Waals surface area contributed by atoms with Crippen molar-refractivity contribution in [2.75, 3.05) is 6.61 Å². The molecule has 202 valence electrons. The largest absolute Gasteiger partial charge is 0.486 e. The summed E-state index contributed by atoms with van der Waals surface area (Å²) in [6.07, 6.45) is 6.16. The van der Waals surface area contributed by atoms with E-state index in [1.165, 1.54) is 49.1 Å². The maximum atomic E-state index is 15.3. The third-order valence-electron chi connectivity index (χ3n) is 7.19. The maximum absolute atomic E-state index is 15.3. The molecule has 0 saturated heterocycles. The number of fused-ring (bicyclic) bond motifs is 1. The van der Waals surface area contributed by atoms with Crippen molar-refractivity contribution >= 4 is 10.8 Å². The van der Waals surface area contributed by atoms with E-state index in [1.54, 1.807) is 30.3 Å². The van der Waals surface area contributed by atoms with Crippen LogP contribution in [-0.2, 0) is 6.42 Å². The smallest absolute Gasteiger partial charge is 0.201 e. The van der Waals surface area contributed by atoms with Crippen LogP contribution < -0.4 is 4.74 Å². The molecule has 0 aliphatic rings. The first kappa shape index (κ1) is 27.3. The molecule has 40 heavy (non-hydrogen) atoms. The SMILES string of the molecule is C=CCOc1ccc(-c2ccc(-c3ccc(-c4ccc5cc(CCCCC)ccc5c4)c(F)c3)cc2)c(F)c1F. The van der Waals surface area contributed by atoms with Gasteiger partial charge in [0, 0.05) is 11.1 Å². The minimum absolute atomic E-state index is 0.0840. The summed E-state index contributed by atoms with van der Waals surface area (Å²) in [4.78, 5) is 0. The Bertz CT molecular complexity index is 1650. The Morgan fingerprint density at radius 1 is 0.650 bits per heavy atom. The van der Waals surface area contributed by atoms with Gasteiger partial charge in [-0.25, -0.2) is 8.78 Å². The van der Waals surface area contributed by atoms with E-state index in [2.05, 4.69) is 37.8 Å². The van der Waals surface area contributed by atoms with Gasteiger partial charge in [0.05, 0.1) is 0 Å². The van der Waals surface area contributed by atoms with Crippen molar-refractivity contribution in [3.8, 4) is 39.1 Å². The molecule has 0 aliphatic heterocycles. The van der Waals surface area contributed by atoms with E-state index in [1.807, 2.05) is 18.2 Å². The lowest BCUT2D eigenvalue weighted by atomic mass is 9.95. The van der Waals surface area contributed by atoms with Crippen LogP contribution in [0, 0.1) is 17.5 Å². The Morgan fingerprint density at radius 2 is 1.32 bits per heavy atom. The van der Waals surface area contributed by atoms with Crippen LogP contribution in [0.4, 0.5) is 13.2 Å². The number of benzene rings is 5. The van der Waals surface area contributed by atoms with Crippen LogP contribution in [0.3, 0.4) is 0 Å². The van der Waals surface area contributed by atoms with Gasteiger partial charge in [0.2, 0.25) is 5.82 Å². The minimum atomic E-state index is -1.04. The van der Waals surface area contributed by atoms with E-state index in [9.17, 15) is 8.78 Å². The van der Waals surface area contributed by atoms with Gasteiger partial charge >= 0.3 is 0 Å². The van der Waals surface area contributed by atoms with E-state index in [4.69, 9.17) is 4.74 Å². The van der Waals surface area contributed by atoms with Crippen LogP contribution >= 0.6 is 0 Å². The van der Waals surface area contributed by atoms with Crippen molar-refractivity contribution in [3.63, 3.8) is 0 Å². The summed E-state index contributed by atoms with van der Waals surface area (Å²) in [7, 11) is 0. The van der Waals surface area contributed by atoms with Crippen molar-refractivity contribution in [1.82, 2.24) is 0 Å². The standard InChI is InChI=1S/C36H31F3O/c1-3-5-6-7-24-8-9-28-22-30(15-14-27(28)21-24)31-17-16-29(23-33(31)37)25-10-12-26(13-11-25)32-18-19-34(40-20-4-2)36(39)35(32)38/h4,8-19,21-23H,2-3,5-7,20H2,1H3. The molecular formula is C36H31F3O. The van der Waals surface area contributed by atoms with Crippen LogP contribution in [0.15, 0.2) is 104 Å². The zero-order chi connectivity index (χ0) is 28.1. The molecule has 0 N–H and O–H groups in total. The zero-order valence-electron chi connectivity index (χ0n) is 22.5. The van der Waals surface area contributed by atoms with E-state index in [0.717, 1.165) is 28.3 Å². The summed E-state index contributed by atoms with van der Waals surface area (Å²) in [5, 5.41) is 2.24. The fourth-order valence-corrected chi connectivity index (χ4v) is 4.98. The number of rotatable bonds is 10. The quantitative estimate of drug-likeness (QED) is 0.127. The first-order valence-electron chi connectivity index (χ1n) is 13.6. The number of hydrogen-bond donors (Lipinski definition) is 0. The molecule has 5 rings (SSSR count). The third-order valence-corrected chi connectivity index (χ3v) is 7.19. The zero-order valence-corrected chi connectivity index (χ0v) is 22.5. The number of unbranched alkanes of at least 4 members (excludes halogenated alkanes) is 2. The lowest BCUT2D eigenvalue weighted by molar-refractivity contribution is 0.333. The number of halogens is 3. The Kier molecular flexibility index (Phi) is 8.35. The summed E-state index contributed by atoms with van der Waals surface area (Å²) in [6, 6.07) is 27.6. The highest BCUT2D eigenvalue weighted by Crippen LogP contribution is 2.33. The van der Waals surface area contributed by atoms with E-state index in [0.29, 0.717) is 16.7 Å². The van der Waals surface area contributed by atoms with Crippen molar-refractivity contribution in [3.05, 3.63) is 127 Å². The van der Waals surface area contributed by atoms with Gasteiger partial charge in [0.1, 0.15) is 12.4 Å². The molecule has 0 amide bonds. The Hall–Kier alpha value is -4.31. The molecule has 0 spiro atoms. The molecule has 5 aromatic carbocycles. The Labute approximate surface area is 233 Å². The number of hydrogen-bond acceptors (Lipinski definition) is 1. The van der Waals surface area contributed by atoms with Crippen LogP contribution in [0.2, 0.25) is 0 Å². The fourth-order valence-electron chi connectivity index (χ4n) is 4.98. The van der Waals surface area contributed by atoms with Crippen LogP contribution in [0.5, 0.6) is 5.75 Å². The van der Waals surface area contributed by atoms with Gasteiger partial charge in [-0.2, -0.15) is 4.39 Å². The van der Waals surface area contributed by atoms with Crippen LogP contribution in [0.25, 0.3) is 44.2 Å². The molecule has 5 aromatic rings. The number of ether oxygens (including phenoxy) is 1. The average Bonchev–Trinajstić information content (AvgIpc) is 2.98. The van der Waals surface area contributed by atoms with Crippen molar-refractivity contribution < 1.29 is 17.9 Å². The van der Waals surface area contributed by atoms with Crippen molar-refractivity contribution in [2.45, 2.75) is 32.6 Å². The van der Waals surface area contributed by atoms with Gasteiger partial charge in [-0.05, 0) is 75.7 Å². The topological polar surface area (TPSA) is 9.23 Å².